The molecule has 0 aliphatic carbocycles. The number of ether oxygens (including phenoxy) is 1. The molecule has 2 aliphatic rings. The van der Waals surface area contributed by atoms with E-state index < -0.39 is 5.60 Å². The van der Waals surface area contributed by atoms with Gasteiger partial charge in [-0.3, -0.25) is 4.79 Å². The van der Waals surface area contributed by atoms with Crippen molar-refractivity contribution in [2.24, 2.45) is 11.3 Å². The maximum atomic E-state index is 13.0. The minimum absolute atomic E-state index is 0.223. The first-order chi connectivity index (χ1) is 9.89. The highest BCUT2D eigenvalue weighted by atomic mass is 16.5. The fourth-order valence-electron chi connectivity index (χ4n) is 3.79. The van der Waals surface area contributed by atoms with Crippen molar-refractivity contribution in [2.45, 2.75) is 58.5 Å². The molecule has 4 nitrogen and oxygen atoms in total. The smallest absolute Gasteiger partial charge is 0.254 e. The summed E-state index contributed by atoms with van der Waals surface area (Å²) in [6.07, 6.45) is 5.05. The molecule has 0 saturated carbocycles. The molecule has 21 heavy (non-hydrogen) atoms. The van der Waals surface area contributed by atoms with Crippen molar-refractivity contribution in [1.82, 2.24) is 10.2 Å². The molecule has 0 aromatic rings. The molecule has 2 aliphatic heterocycles. The highest BCUT2D eigenvalue weighted by Crippen LogP contribution is 2.35. The molecule has 0 radical (unpaired) electrons. The van der Waals surface area contributed by atoms with Crippen molar-refractivity contribution >= 4 is 5.91 Å². The van der Waals surface area contributed by atoms with Crippen LogP contribution in [0.4, 0.5) is 0 Å². The van der Waals surface area contributed by atoms with E-state index in [0.29, 0.717) is 11.3 Å². The lowest BCUT2D eigenvalue weighted by molar-refractivity contribution is -0.158. The average molecular weight is 296 g/mol. The van der Waals surface area contributed by atoms with Gasteiger partial charge < -0.3 is 15.0 Å². The molecule has 2 heterocycles. The van der Waals surface area contributed by atoms with E-state index in [1.54, 1.807) is 7.11 Å². The molecule has 2 fully saturated rings. The largest absolute Gasteiger partial charge is 0.368 e. The van der Waals surface area contributed by atoms with E-state index in [1.807, 2.05) is 0 Å². The van der Waals surface area contributed by atoms with Crippen molar-refractivity contribution in [1.29, 1.82) is 0 Å². The van der Waals surface area contributed by atoms with Crippen LogP contribution in [0, 0.1) is 11.3 Å². The first kappa shape index (κ1) is 16.8. The molecule has 1 N–H and O–H groups in total. The van der Waals surface area contributed by atoms with Crippen LogP contribution >= 0.6 is 0 Å². The number of nitrogens with one attached hydrogen (secondary N) is 1. The lowest BCUT2D eigenvalue weighted by atomic mass is 9.77. The summed E-state index contributed by atoms with van der Waals surface area (Å²) in [5.41, 5.74) is -0.237. The number of rotatable bonds is 2. The molecule has 0 aromatic carbocycles. The average Bonchev–Trinajstić information content (AvgIpc) is 2.72. The highest BCUT2D eigenvalue weighted by molar-refractivity contribution is 5.85. The number of carbonyl (C=O) groups excluding carboxylic acids is 1. The van der Waals surface area contributed by atoms with Crippen LogP contribution in [0.15, 0.2) is 0 Å². The number of carbonyl (C=O) groups is 1. The summed E-state index contributed by atoms with van der Waals surface area (Å²) in [4.78, 5) is 15.1. The summed E-state index contributed by atoms with van der Waals surface area (Å²) < 4.78 is 5.70. The zero-order valence-electron chi connectivity index (χ0n) is 14.2. The van der Waals surface area contributed by atoms with Crippen LogP contribution in [0.2, 0.25) is 0 Å². The Hall–Kier alpha value is -0.610. The SMILES string of the molecule is COC1(C(=O)N2CCCC(C(C)(C)C)CC2)CCNCC1. The Morgan fingerprint density at radius 1 is 1.19 bits per heavy atom. The van der Waals surface area contributed by atoms with Crippen molar-refractivity contribution in [3.8, 4) is 0 Å². The highest BCUT2D eigenvalue weighted by Gasteiger charge is 2.43. The normalized spacial score (nSPS) is 27.2. The number of amides is 1. The third kappa shape index (κ3) is 3.78. The maximum Gasteiger partial charge on any atom is 0.254 e. The van der Waals surface area contributed by atoms with E-state index in [0.717, 1.165) is 51.9 Å². The van der Waals surface area contributed by atoms with Crippen molar-refractivity contribution < 1.29 is 9.53 Å². The van der Waals surface area contributed by atoms with Crippen molar-refractivity contribution in [3.05, 3.63) is 0 Å². The number of hydrogen-bond donors (Lipinski definition) is 1. The second kappa shape index (κ2) is 6.66. The minimum Gasteiger partial charge on any atom is -0.368 e. The van der Waals surface area contributed by atoms with Gasteiger partial charge in [-0.25, -0.2) is 0 Å². The Bertz CT molecular complexity index is 356. The topological polar surface area (TPSA) is 41.6 Å². The number of nitrogens with zero attached hydrogens (tertiary/aromatic N) is 1. The molecule has 4 heteroatoms. The summed E-state index contributed by atoms with van der Waals surface area (Å²) in [6, 6.07) is 0. The molecule has 0 aromatic heterocycles. The Morgan fingerprint density at radius 3 is 2.43 bits per heavy atom. The van der Waals surface area contributed by atoms with Gasteiger partial charge in [0.15, 0.2) is 0 Å². The quantitative estimate of drug-likeness (QED) is 0.851. The first-order valence-electron chi connectivity index (χ1n) is 8.44. The molecule has 2 saturated heterocycles. The number of likely N-dealkylation sites (tertiary alicyclic amines) is 1. The van der Waals surface area contributed by atoms with Crippen LogP contribution in [-0.4, -0.2) is 49.7 Å². The first-order valence-corrected chi connectivity index (χ1v) is 8.44. The molecule has 1 atom stereocenters. The molecular formula is C17H32N2O2. The monoisotopic (exact) mass is 296 g/mol. The molecular weight excluding hydrogens is 264 g/mol. The van der Waals surface area contributed by atoms with E-state index in [1.165, 1.54) is 6.42 Å². The van der Waals surface area contributed by atoms with Crippen molar-refractivity contribution in [2.75, 3.05) is 33.3 Å². The van der Waals surface area contributed by atoms with Gasteiger partial charge in [0.1, 0.15) is 5.60 Å². The van der Waals surface area contributed by atoms with Gasteiger partial charge in [-0.2, -0.15) is 0 Å². The van der Waals surface area contributed by atoms with E-state index in [2.05, 4.69) is 31.0 Å². The van der Waals surface area contributed by atoms with Crippen molar-refractivity contribution in [3.63, 3.8) is 0 Å². The van der Waals surface area contributed by atoms with Gasteiger partial charge in [-0.1, -0.05) is 20.8 Å². The van der Waals surface area contributed by atoms with Crippen LogP contribution in [0.5, 0.6) is 0 Å². The summed E-state index contributed by atoms with van der Waals surface area (Å²) in [5, 5.41) is 3.32. The predicted molar refractivity (Wildman–Crippen MR) is 85.2 cm³/mol. The van der Waals surface area contributed by atoms with Gasteiger partial charge in [-0.15, -0.1) is 0 Å². The van der Waals surface area contributed by atoms with E-state index in [-0.39, 0.29) is 5.91 Å². The third-order valence-electron chi connectivity index (χ3n) is 5.43. The van der Waals surface area contributed by atoms with Gasteiger partial charge in [0.25, 0.3) is 5.91 Å². The molecule has 2 rings (SSSR count). The fraction of sp³-hybridized carbons (Fsp3) is 0.941. The number of hydrogen-bond acceptors (Lipinski definition) is 3. The molecule has 1 amide bonds. The van der Waals surface area contributed by atoms with Gasteiger partial charge in [0.2, 0.25) is 0 Å². The Balaban J connectivity index is 2.02. The summed E-state index contributed by atoms with van der Waals surface area (Å²) in [5.74, 6) is 0.933. The van der Waals surface area contributed by atoms with E-state index in [9.17, 15) is 4.79 Å². The van der Waals surface area contributed by atoms with Crippen LogP contribution in [0.3, 0.4) is 0 Å². The summed E-state index contributed by atoms with van der Waals surface area (Å²) in [7, 11) is 1.69. The Morgan fingerprint density at radius 2 is 1.86 bits per heavy atom. The fourth-order valence-corrected chi connectivity index (χ4v) is 3.79. The van der Waals surface area contributed by atoms with E-state index in [4.69, 9.17) is 4.74 Å². The number of methoxy groups -OCH3 is 1. The maximum absolute atomic E-state index is 13.0. The van der Waals surface area contributed by atoms with Crippen LogP contribution in [0.25, 0.3) is 0 Å². The predicted octanol–water partition coefficient (Wildman–Crippen LogP) is 2.43. The standard InChI is InChI=1S/C17H32N2O2/c1-16(2,3)14-6-5-12-19(13-7-14)15(20)17(21-4)8-10-18-11-9-17/h14,18H,5-13H2,1-4H3. The third-order valence-corrected chi connectivity index (χ3v) is 5.43. The van der Waals surface area contributed by atoms with Gasteiger partial charge >= 0.3 is 0 Å². The molecule has 0 bridgehead atoms. The van der Waals surface area contributed by atoms with Crippen LogP contribution in [-0.2, 0) is 9.53 Å². The Labute approximate surface area is 129 Å². The zero-order valence-corrected chi connectivity index (χ0v) is 14.2. The Kier molecular flexibility index (Phi) is 5.31. The van der Waals surface area contributed by atoms with Gasteiger partial charge in [0, 0.05) is 20.2 Å². The minimum atomic E-state index is -0.577. The zero-order chi connectivity index (χ0) is 15.5. The lowest BCUT2D eigenvalue weighted by Crippen LogP contribution is -2.55. The van der Waals surface area contributed by atoms with Crippen LogP contribution < -0.4 is 5.32 Å². The lowest BCUT2D eigenvalue weighted by Gasteiger charge is -2.38. The molecule has 1 unspecified atom stereocenters. The molecule has 122 valence electrons. The second-order valence-corrected chi connectivity index (χ2v) is 7.73. The summed E-state index contributed by atoms with van der Waals surface area (Å²) >= 11 is 0. The second-order valence-electron chi connectivity index (χ2n) is 7.73. The van der Waals surface area contributed by atoms with Gasteiger partial charge in [-0.05, 0) is 56.5 Å². The molecule has 0 spiro atoms. The summed E-state index contributed by atoms with van der Waals surface area (Å²) in [6.45, 7) is 10.5. The van der Waals surface area contributed by atoms with Gasteiger partial charge in [0.05, 0.1) is 0 Å². The number of piperidine rings is 1. The van der Waals surface area contributed by atoms with E-state index >= 15 is 0 Å². The van der Waals surface area contributed by atoms with Crippen LogP contribution in [0.1, 0.15) is 52.9 Å².